The van der Waals surface area contributed by atoms with Crippen LogP contribution in [-0.4, -0.2) is 21.2 Å². The Morgan fingerprint density at radius 2 is 2.11 bits per heavy atom. The summed E-state index contributed by atoms with van der Waals surface area (Å²) < 4.78 is 0.332. The molecule has 2 atom stereocenters. The van der Waals surface area contributed by atoms with E-state index in [1.807, 2.05) is 13.8 Å². The molecule has 0 rings (SSSR count). The Bertz CT molecular complexity index is 105. The number of carboxylic acid groups (broad SMARTS) is 1. The third-order valence-electron chi connectivity index (χ3n) is 1.04. The number of hydrogen-bond acceptors (Lipinski definition) is 1. The zero-order valence-electron chi connectivity index (χ0n) is 5.39. The summed E-state index contributed by atoms with van der Waals surface area (Å²) in [6.07, 6.45) is -0.953. The van der Waals surface area contributed by atoms with Gasteiger partial charge in [0.1, 0.15) is 0 Å². The molecule has 0 aromatic heterocycles. The number of alkyl halides is 1. The molecule has 0 fully saturated rings. The molecule has 4 heteroatoms. The average Bonchev–Trinajstić information content (AvgIpc) is 1.63. The summed E-state index contributed by atoms with van der Waals surface area (Å²) in [6.45, 7) is 3.80. The van der Waals surface area contributed by atoms with E-state index in [9.17, 15) is 4.79 Å². The van der Waals surface area contributed by atoms with Crippen molar-refractivity contribution in [3.05, 3.63) is 0 Å². The molecule has 0 aliphatic carbocycles. The molecule has 0 aromatic carbocycles. The Hall–Kier alpha value is 0. The number of halogens is 1. The fraction of sp³-hybridized carbons (Fsp3) is 0.800. The van der Waals surface area contributed by atoms with Crippen molar-refractivity contribution in [1.82, 2.24) is 5.32 Å². The summed E-state index contributed by atoms with van der Waals surface area (Å²) in [5, 5.41) is 10.6. The molecule has 0 aliphatic heterocycles. The molecular weight excluding hydrogens is 233 g/mol. The van der Waals surface area contributed by atoms with Gasteiger partial charge in [0.15, 0.2) is 0 Å². The van der Waals surface area contributed by atoms with Crippen molar-refractivity contribution in [1.29, 1.82) is 0 Å². The molecule has 2 unspecified atom stereocenters. The van der Waals surface area contributed by atoms with Crippen molar-refractivity contribution in [2.75, 3.05) is 0 Å². The van der Waals surface area contributed by atoms with Crippen molar-refractivity contribution >= 4 is 28.7 Å². The van der Waals surface area contributed by atoms with Gasteiger partial charge in [0.25, 0.3) is 0 Å². The lowest BCUT2D eigenvalue weighted by molar-refractivity contribution is 0.191. The smallest absolute Gasteiger partial charge is 0.404 e. The summed E-state index contributed by atoms with van der Waals surface area (Å²) >= 11 is 2.18. The molecule has 0 saturated carbocycles. The minimum absolute atomic E-state index is 0.0306. The van der Waals surface area contributed by atoms with Gasteiger partial charge in [-0.2, -0.15) is 0 Å². The third kappa shape index (κ3) is 4.50. The highest BCUT2D eigenvalue weighted by Crippen LogP contribution is 2.03. The number of nitrogens with one attached hydrogen (secondary N) is 1. The first-order valence-electron chi connectivity index (χ1n) is 2.67. The van der Waals surface area contributed by atoms with E-state index < -0.39 is 6.09 Å². The van der Waals surface area contributed by atoms with E-state index in [1.54, 1.807) is 0 Å². The second-order valence-corrected chi connectivity index (χ2v) is 3.88. The molecule has 0 radical (unpaired) electrons. The topological polar surface area (TPSA) is 49.3 Å². The zero-order valence-corrected chi connectivity index (χ0v) is 7.55. The fourth-order valence-corrected chi connectivity index (χ4v) is 0.489. The van der Waals surface area contributed by atoms with E-state index in [0.29, 0.717) is 3.92 Å². The van der Waals surface area contributed by atoms with E-state index in [-0.39, 0.29) is 6.04 Å². The normalized spacial score (nSPS) is 16.3. The Kier molecular flexibility index (Phi) is 3.92. The van der Waals surface area contributed by atoms with Gasteiger partial charge in [0.05, 0.1) is 0 Å². The Balaban J connectivity index is 3.50. The van der Waals surface area contributed by atoms with Gasteiger partial charge in [-0.15, -0.1) is 0 Å². The molecule has 0 bridgehead atoms. The standard InChI is InChI=1S/C5H10INO2/c1-3(6)4(2)7-5(8)9/h3-4,7H,1-2H3,(H,8,9). The maximum Gasteiger partial charge on any atom is 0.404 e. The molecule has 2 N–H and O–H groups in total. The molecule has 0 heterocycles. The summed E-state index contributed by atoms with van der Waals surface area (Å²) in [7, 11) is 0. The van der Waals surface area contributed by atoms with Gasteiger partial charge < -0.3 is 10.4 Å². The van der Waals surface area contributed by atoms with Crippen LogP contribution in [0.3, 0.4) is 0 Å². The lowest BCUT2D eigenvalue weighted by atomic mass is 10.3. The van der Waals surface area contributed by atoms with E-state index in [0.717, 1.165) is 0 Å². The van der Waals surface area contributed by atoms with E-state index in [2.05, 4.69) is 27.9 Å². The second-order valence-electron chi connectivity index (χ2n) is 1.92. The van der Waals surface area contributed by atoms with Crippen LogP contribution in [0.15, 0.2) is 0 Å². The predicted molar refractivity (Wildman–Crippen MR) is 44.1 cm³/mol. The predicted octanol–water partition coefficient (Wildman–Crippen LogP) is 1.47. The van der Waals surface area contributed by atoms with E-state index in [1.165, 1.54) is 0 Å². The second kappa shape index (κ2) is 3.92. The molecule has 0 aromatic rings. The van der Waals surface area contributed by atoms with Crippen LogP contribution >= 0.6 is 22.6 Å². The maximum atomic E-state index is 10.00. The number of hydrogen-bond donors (Lipinski definition) is 2. The highest BCUT2D eigenvalue weighted by atomic mass is 127. The molecule has 3 nitrogen and oxygen atoms in total. The first-order chi connectivity index (χ1) is 4.04. The van der Waals surface area contributed by atoms with Crippen LogP contribution < -0.4 is 5.32 Å². The van der Waals surface area contributed by atoms with Gasteiger partial charge in [-0.3, -0.25) is 0 Å². The van der Waals surface area contributed by atoms with Crippen LogP contribution in [-0.2, 0) is 0 Å². The van der Waals surface area contributed by atoms with Crippen molar-refractivity contribution in [3.8, 4) is 0 Å². The third-order valence-corrected chi connectivity index (χ3v) is 2.12. The minimum Gasteiger partial charge on any atom is -0.465 e. The summed E-state index contributed by atoms with van der Waals surface area (Å²) in [5.74, 6) is 0. The van der Waals surface area contributed by atoms with Crippen LogP contribution in [0.1, 0.15) is 13.8 Å². The molecule has 54 valence electrons. The fourth-order valence-electron chi connectivity index (χ4n) is 0.310. The molecule has 0 aliphatic rings. The quantitative estimate of drug-likeness (QED) is 0.569. The minimum atomic E-state index is -0.953. The molecule has 9 heavy (non-hydrogen) atoms. The monoisotopic (exact) mass is 243 g/mol. The van der Waals surface area contributed by atoms with Gasteiger partial charge in [0.2, 0.25) is 0 Å². The van der Waals surface area contributed by atoms with Crippen LogP contribution in [0.2, 0.25) is 0 Å². The lowest BCUT2D eigenvalue weighted by Gasteiger charge is -2.12. The van der Waals surface area contributed by atoms with Crippen molar-refractivity contribution in [2.24, 2.45) is 0 Å². The largest absolute Gasteiger partial charge is 0.465 e. The average molecular weight is 243 g/mol. The summed E-state index contributed by atoms with van der Waals surface area (Å²) in [6, 6.07) is 0.0306. The van der Waals surface area contributed by atoms with Crippen molar-refractivity contribution < 1.29 is 9.90 Å². The summed E-state index contributed by atoms with van der Waals surface area (Å²) in [5.41, 5.74) is 0. The highest BCUT2D eigenvalue weighted by Gasteiger charge is 2.09. The maximum absolute atomic E-state index is 10.00. The lowest BCUT2D eigenvalue weighted by Crippen LogP contribution is -2.36. The molecule has 0 spiro atoms. The van der Waals surface area contributed by atoms with Crippen molar-refractivity contribution in [3.63, 3.8) is 0 Å². The van der Waals surface area contributed by atoms with Gasteiger partial charge in [-0.05, 0) is 6.92 Å². The zero-order chi connectivity index (χ0) is 7.44. The van der Waals surface area contributed by atoms with Crippen molar-refractivity contribution in [2.45, 2.75) is 23.8 Å². The molecular formula is C5H10INO2. The van der Waals surface area contributed by atoms with Crippen LogP contribution in [0, 0.1) is 0 Å². The number of rotatable bonds is 2. The molecule has 0 saturated heterocycles. The molecule has 1 amide bonds. The van der Waals surface area contributed by atoms with Gasteiger partial charge in [-0.1, -0.05) is 29.5 Å². The Morgan fingerprint density at radius 3 is 2.22 bits per heavy atom. The van der Waals surface area contributed by atoms with Crippen LogP contribution in [0.25, 0.3) is 0 Å². The van der Waals surface area contributed by atoms with Gasteiger partial charge in [0, 0.05) is 9.97 Å². The van der Waals surface area contributed by atoms with Crippen LogP contribution in [0.4, 0.5) is 4.79 Å². The first-order valence-corrected chi connectivity index (χ1v) is 3.92. The van der Waals surface area contributed by atoms with E-state index >= 15 is 0 Å². The number of amides is 1. The Labute approximate surface area is 68.0 Å². The first kappa shape index (κ1) is 9.00. The van der Waals surface area contributed by atoms with Gasteiger partial charge in [-0.25, -0.2) is 4.79 Å². The van der Waals surface area contributed by atoms with Crippen LogP contribution in [0.5, 0.6) is 0 Å². The SMILES string of the molecule is CC(I)C(C)NC(=O)O. The van der Waals surface area contributed by atoms with Gasteiger partial charge >= 0.3 is 6.09 Å². The highest BCUT2D eigenvalue weighted by molar-refractivity contribution is 14.1. The summed E-state index contributed by atoms with van der Waals surface area (Å²) in [4.78, 5) is 10.00. The number of carbonyl (C=O) groups is 1. The van der Waals surface area contributed by atoms with E-state index in [4.69, 9.17) is 5.11 Å². The Morgan fingerprint density at radius 1 is 1.67 bits per heavy atom.